The maximum Gasteiger partial charge on any atom is 0.0647 e. The molecule has 1 saturated heterocycles. The predicted octanol–water partition coefficient (Wildman–Crippen LogP) is 3.66. The molecule has 1 heterocycles. The van der Waals surface area contributed by atoms with Crippen molar-refractivity contribution in [2.24, 2.45) is 0 Å². The van der Waals surface area contributed by atoms with Gasteiger partial charge in [-0.05, 0) is 65.3 Å². The Hall–Kier alpha value is -2.10. The number of aliphatic hydroxyl groups excluding tert-OH is 1. The van der Waals surface area contributed by atoms with Gasteiger partial charge in [0.15, 0.2) is 0 Å². The summed E-state index contributed by atoms with van der Waals surface area (Å²) < 4.78 is 0. The molecule has 0 radical (unpaired) electrons. The Kier molecular flexibility index (Phi) is 4.07. The van der Waals surface area contributed by atoms with E-state index in [4.69, 9.17) is 0 Å². The van der Waals surface area contributed by atoms with Crippen molar-refractivity contribution in [3.63, 3.8) is 0 Å². The highest BCUT2D eigenvalue weighted by molar-refractivity contribution is 5.95. The monoisotopic (exact) mass is 346 g/mol. The second-order valence-corrected chi connectivity index (χ2v) is 7.69. The van der Waals surface area contributed by atoms with Gasteiger partial charge in [-0.1, -0.05) is 35.9 Å². The van der Waals surface area contributed by atoms with E-state index in [1.54, 1.807) is 5.57 Å². The van der Waals surface area contributed by atoms with Crippen LogP contribution in [0.4, 0.5) is 5.69 Å². The number of benzene rings is 2. The summed E-state index contributed by atoms with van der Waals surface area (Å²) in [6, 6.07) is 11.6. The summed E-state index contributed by atoms with van der Waals surface area (Å²) in [6.45, 7) is 2.96. The second kappa shape index (κ2) is 6.57. The average Bonchev–Trinajstić information content (AvgIpc) is 2.72. The molecule has 2 aliphatic carbocycles. The SMILES string of the molecule is OC[C@H]1CNCCN1c1ccc2c3c(ccc2c1)C1=C(CCC=C1)CC3. The quantitative estimate of drug-likeness (QED) is 0.871. The van der Waals surface area contributed by atoms with Gasteiger partial charge in [-0.2, -0.15) is 0 Å². The van der Waals surface area contributed by atoms with Gasteiger partial charge in [-0.15, -0.1) is 0 Å². The number of piperazine rings is 1. The molecule has 2 N–H and O–H groups in total. The zero-order valence-corrected chi connectivity index (χ0v) is 15.2. The molecule has 0 spiro atoms. The molecule has 0 unspecified atom stereocenters. The standard InChI is InChI=1S/C23H26N2O/c26-15-19-14-24-11-12-25(19)18-7-10-21-17(13-18)6-9-22-20-4-2-1-3-16(20)5-8-23(21)22/h2,4,6-7,9-10,13,19,24,26H,1,3,5,8,11-12,14-15H2/t19-/m1/s1. The lowest BCUT2D eigenvalue weighted by molar-refractivity contribution is 0.246. The number of rotatable bonds is 2. The highest BCUT2D eigenvalue weighted by Gasteiger charge is 2.23. The van der Waals surface area contributed by atoms with E-state index in [9.17, 15) is 5.11 Å². The Morgan fingerprint density at radius 3 is 3.00 bits per heavy atom. The summed E-state index contributed by atoms with van der Waals surface area (Å²) in [7, 11) is 0. The van der Waals surface area contributed by atoms with Crippen molar-refractivity contribution in [2.45, 2.75) is 31.7 Å². The summed E-state index contributed by atoms with van der Waals surface area (Å²) >= 11 is 0. The Morgan fingerprint density at radius 2 is 2.08 bits per heavy atom. The zero-order chi connectivity index (χ0) is 17.5. The van der Waals surface area contributed by atoms with Gasteiger partial charge < -0.3 is 15.3 Å². The van der Waals surface area contributed by atoms with Gasteiger partial charge >= 0.3 is 0 Å². The molecule has 1 fully saturated rings. The first-order valence-corrected chi connectivity index (χ1v) is 9.88. The van der Waals surface area contributed by atoms with Crippen LogP contribution in [0.2, 0.25) is 0 Å². The Balaban J connectivity index is 1.57. The Bertz CT molecular complexity index is 912. The summed E-state index contributed by atoms with van der Waals surface area (Å²) in [5, 5.41) is 15.8. The third kappa shape index (κ3) is 2.58. The minimum Gasteiger partial charge on any atom is -0.394 e. The maximum atomic E-state index is 9.71. The Labute approximate surface area is 155 Å². The first kappa shape index (κ1) is 16.1. The highest BCUT2D eigenvalue weighted by Crippen LogP contribution is 2.40. The van der Waals surface area contributed by atoms with Crippen LogP contribution >= 0.6 is 0 Å². The first-order valence-electron chi connectivity index (χ1n) is 9.88. The molecule has 5 rings (SSSR count). The van der Waals surface area contributed by atoms with Crippen LogP contribution in [0.15, 0.2) is 48.1 Å². The summed E-state index contributed by atoms with van der Waals surface area (Å²) in [4.78, 5) is 2.35. The highest BCUT2D eigenvalue weighted by atomic mass is 16.3. The topological polar surface area (TPSA) is 35.5 Å². The molecule has 3 aliphatic rings. The van der Waals surface area contributed by atoms with Gasteiger partial charge in [0, 0.05) is 25.3 Å². The van der Waals surface area contributed by atoms with Gasteiger partial charge in [0.2, 0.25) is 0 Å². The lowest BCUT2D eigenvalue weighted by Gasteiger charge is -2.37. The van der Waals surface area contributed by atoms with Crippen LogP contribution in [0.3, 0.4) is 0 Å². The number of nitrogens with zero attached hydrogens (tertiary/aromatic N) is 1. The van der Waals surface area contributed by atoms with Gasteiger partial charge in [0.1, 0.15) is 0 Å². The van der Waals surface area contributed by atoms with Crippen LogP contribution in [0.1, 0.15) is 30.4 Å². The van der Waals surface area contributed by atoms with E-state index in [-0.39, 0.29) is 12.6 Å². The third-order valence-electron chi connectivity index (χ3n) is 6.25. The van der Waals surface area contributed by atoms with Gasteiger partial charge in [-0.3, -0.25) is 0 Å². The van der Waals surface area contributed by atoms with Gasteiger partial charge in [-0.25, -0.2) is 0 Å². The molecule has 3 nitrogen and oxygen atoms in total. The molecule has 1 aliphatic heterocycles. The van der Waals surface area contributed by atoms with E-state index in [0.29, 0.717) is 0 Å². The smallest absolute Gasteiger partial charge is 0.0647 e. The van der Waals surface area contributed by atoms with E-state index < -0.39 is 0 Å². The lowest BCUT2D eigenvalue weighted by Crippen LogP contribution is -2.53. The fraction of sp³-hybridized carbons (Fsp3) is 0.391. The molecule has 26 heavy (non-hydrogen) atoms. The summed E-state index contributed by atoms with van der Waals surface area (Å²) in [6.07, 6.45) is 9.45. The number of hydrogen-bond acceptors (Lipinski definition) is 3. The number of fused-ring (bicyclic) bond motifs is 4. The van der Waals surface area contributed by atoms with Crippen LogP contribution in [-0.2, 0) is 6.42 Å². The average molecular weight is 346 g/mol. The second-order valence-electron chi connectivity index (χ2n) is 7.69. The minimum atomic E-state index is 0.166. The van der Waals surface area contributed by atoms with Crippen molar-refractivity contribution >= 4 is 22.0 Å². The fourth-order valence-electron chi connectivity index (χ4n) is 4.87. The van der Waals surface area contributed by atoms with Crippen molar-refractivity contribution in [1.29, 1.82) is 0 Å². The Morgan fingerprint density at radius 1 is 1.12 bits per heavy atom. The van der Waals surface area contributed by atoms with Crippen LogP contribution < -0.4 is 10.2 Å². The molecular formula is C23H26N2O. The molecule has 2 aromatic carbocycles. The van der Waals surface area contributed by atoms with E-state index in [1.807, 2.05) is 0 Å². The van der Waals surface area contributed by atoms with Gasteiger partial charge in [0.25, 0.3) is 0 Å². The normalized spacial score (nSPS) is 22.5. The van der Waals surface area contributed by atoms with Crippen molar-refractivity contribution in [3.8, 4) is 0 Å². The van der Waals surface area contributed by atoms with Gasteiger partial charge in [0.05, 0.1) is 12.6 Å². The number of aryl methyl sites for hydroxylation is 1. The van der Waals surface area contributed by atoms with Crippen LogP contribution in [0.5, 0.6) is 0 Å². The molecule has 0 saturated carbocycles. The van der Waals surface area contributed by atoms with Crippen molar-refractivity contribution in [3.05, 3.63) is 59.2 Å². The molecule has 3 heteroatoms. The van der Waals surface area contributed by atoms with Crippen molar-refractivity contribution in [1.82, 2.24) is 5.32 Å². The number of allylic oxidation sites excluding steroid dienone is 4. The zero-order valence-electron chi connectivity index (χ0n) is 15.2. The van der Waals surface area contributed by atoms with E-state index >= 15 is 0 Å². The largest absolute Gasteiger partial charge is 0.394 e. The van der Waals surface area contributed by atoms with Crippen LogP contribution in [0.25, 0.3) is 16.3 Å². The molecule has 2 aromatic rings. The first-order chi connectivity index (χ1) is 12.8. The summed E-state index contributed by atoms with van der Waals surface area (Å²) in [5.74, 6) is 0. The van der Waals surface area contributed by atoms with E-state index in [2.05, 4.69) is 52.7 Å². The van der Waals surface area contributed by atoms with E-state index in [0.717, 1.165) is 26.1 Å². The maximum absolute atomic E-state index is 9.71. The van der Waals surface area contributed by atoms with Crippen molar-refractivity contribution in [2.75, 3.05) is 31.1 Å². The predicted molar refractivity (Wildman–Crippen MR) is 109 cm³/mol. The number of anilines is 1. The summed E-state index contributed by atoms with van der Waals surface area (Å²) in [5.41, 5.74) is 7.30. The fourth-order valence-corrected chi connectivity index (χ4v) is 4.87. The van der Waals surface area contributed by atoms with Crippen LogP contribution in [-0.4, -0.2) is 37.4 Å². The molecule has 0 aromatic heterocycles. The molecular weight excluding hydrogens is 320 g/mol. The molecule has 134 valence electrons. The van der Waals surface area contributed by atoms with Crippen LogP contribution in [0, 0.1) is 0 Å². The number of nitrogens with one attached hydrogen (secondary N) is 1. The molecule has 0 bridgehead atoms. The number of hydrogen-bond donors (Lipinski definition) is 2. The lowest BCUT2D eigenvalue weighted by atomic mass is 9.79. The van der Waals surface area contributed by atoms with Crippen molar-refractivity contribution < 1.29 is 5.11 Å². The minimum absolute atomic E-state index is 0.166. The molecule has 0 amide bonds. The third-order valence-corrected chi connectivity index (χ3v) is 6.25. The van der Waals surface area contributed by atoms with E-state index in [1.165, 1.54) is 52.4 Å². The molecule has 1 atom stereocenters. The number of aliphatic hydroxyl groups is 1.